The molecule has 3 heterocycles. The lowest BCUT2D eigenvalue weighted by Gasteiger charge is -2.26. The normalized spacial score (nSPS) is 17.3. The van der Waals surface area contributed by atoms with Crippen LogP contribution < -0.4 is 15.5 Å². The Morgan fingerprint density at radius 1 is 1.02 bits per heavy atom. The first-order valence-electron chi connectivity index (χ1n) is 13.2. The first-order chi connectivity index (χ1) is 19.7. The van der Waals surface area contributed by atoms with Gasteiger partial charge in [-0.15, -0.1) is 12.4 Å². The number of allylic oxidation sites excluding steroid dienone is 2. The summed E-state index contributed by atoms with van der Waals surface area (Å²) in [5.41, 5.74) is 2.42. The molecule has 12 heteroatoms. The summed E-state index contributed by atoms with van der Waals surface area (Å²) in [6.07, 6.45) is 5.33. The number of benzene rings is 2. The van der Waals surface area contributed by atoms with Gasteiger partial charge in [0.15, 0.2) is 0 Å². The number of halogens is 4. The summed E-state index contributed by atoms with van der Waals surface area (Å²) in [6.45, 7) is 1.74. The van der Waals surface area contributed by atoms with Crippen molar-refractivity contribution in [3.05, 3.63) is 95.3 Å². The average Bonchev–Trinajstić information content (AvgIpc) is 2.97. The number of nitrogens with one attached hydrogen (secondary N) is 2. The number of fused-ring (bicyclic) bond motifs is 1. The Hall–Kier alpha value is -4.22. The molecular formula is C30H29ClF3N5O3. The number of hydrogen-bond donors (Lipinski definition) is 3. The third-order valence-corrected chi connectivity index (χ3v) is 7.01. The number of rotatable bonds is 6. The molecule has 220 valence electrons. The molecule has 1 unspecified atom stereocenters. The van der Waals surface area contributed by atoms with E-state index >= 15 is 0 Å². The number of aliphatic hydroxyl groups excluding tert-OH is 1. The molecular weight excluding hydrogens is 571 g/mol. The Bertz CT molecular complexity index is 1490. The monoisotopic (exact) mass is 599 g/mol. The summed E-state index contributed by atoms with van der Waals surface area (Å²) in [5.74, 6) is -0.373. The number of amides is 2. The number of anilines is 3. The molecule has 3 N–H and O–H groups in total. The highest BCUT2D eigenvalue weighted by Crippen LogP contribution is 2.32. The number of hydrogen-bond acceptors (Lipinski definition) is 6. The van der Waals surface area contributed by atoms with Gasteiger partial charge < -0.3 is 20.6 Å². The second kappa shape index (κ2) is 13.2. The first kappa shape index (κ1) is 30.7. The summed E-state index contributed by atoms with van der Waals surface area (Å²) in [5, 5.41) is 15.3. The highest BCUT2D eigenvalue weighted by Gasteiger charge is 2.30. The summed E-state index contributed by atoms with van der Waals surface area (Å²) in [4.78, 5) is 35.6. The van der Waals surface area contributed by atoms with Crippen molar-refractivity contribution in [3.8, 4) is 0 Å². The van der Waals surface area contributed by atoms with E-state index in [0.717, 1.165) is 38.1 Å². The van der Waals surface area contributed by atoms with E-state index in [0.29, 0.717) is 39.6 Å². The van der Waals surface area contributed by atoms with Gasteiger partial charge in [0.25, 0.3) is 5.91 Å². The highest BCUT2D eigenvalue weighted by molar-refractivity contribution is 6.03. The summed E-state index contributed by atoms with van der Waals surface area (Å²) in [7, 11) is 0. The topological polar surface area (TPSA) is 107 Å². The van der Waals surface area contributed by atoms with Crippen LogP contribution in [0.5, 0.6) is 0 Å². The standard InChI is InChI=1S/C30H28F3N5O3.ClH/c31-30(32,33)21-12-10-19(11-13-21)22(20-17-34-29(35-18-20)38-14-2-1-3-15-38)6-4-9-27(40)36-24-7-5-8-25-23(24)16-26(39)28(41)37-25;/h4-13,17-18,26,39H,1-3,14-16H2,(H,36,40)(H,37,41);1H/b9-4+,22-6+;. The highest BCUT2D eigenvalue weighted by atomic mass is 35.5. The first-order valence-corrected chi connectivity index (χ1v) is 13.2. The molecule has 3 aromatic rings. The van der Waals surface area contributed by atoms with Crippen molar-refractivity contribution in [2.75, 3.05) is 28.6 Å². The van der Waals surface area contributed by atoms with Crippen LogP contribution in [-0.4, -0.2) is 46.1 Å². The van der Waals surface area contributed by atoms with Crippen LogP contribution in [0.3, 0.4) is 0 Å². The van der Waals surface area contributed by atoms with Crippen LogP contribution in [0, 0.1) is 0 Å². The van der Waals surface area contributed by atoms with Crippen LogP contribution in [0.2, 0.25) is 0 Å². The summed E-state index contributed by atoms with van der Waals surface area (Å²) < 4.78 is 39.5. The van der Waals surface area contributed by atoms with Gasteiger partial charge in [0.2, 0.25) is 11.9 Å². The van der Waals surface area contributed by atoms with Crippen molar-refractivity contribution < 1.29 is 27.9 Å². The van der Waals surface area contributed by atoms with Gasteiger partial charge in [-0.3, -0.25) is 9.59 Å². The molecule has 1 saturated heterocycles. The second-order valence-electron chi connectivity index (χ2n) is 9.86. The third-order valence-electron chi connectivity index (χ3n) is 7.01. The van der Waals surface area contributed by atoms with Crippen LogP contribution >= 0.6 is 12.4 Å². The lowest BCUT2D eigenvalue weighted by atomic mass is 9.98. The Labute approximate surface area is 246 Å². The molecule has 0 spiro atoms. The van der Waals surface area contributed by atoms with E-state index in [1.807, 2.05) is 0 Å². The number of piperidine rings is 1. The smallest absolute Gasteiger partial charge is 0.383 e. The minimum atomic E-state index is -4.46. The Kier molecular flexibility index (Phi) is 9.64. The van der Waals surface area contributed by atoms with Crippen molar-refractivity contribution in [2.24, 2.45) is 0 Å². The molecule has 2 aliphatic heterocycles. The number of alkyl halides is 3. The zero-order valence-electron chi connectivity index (χ0n) is 22.4. The number of carbonyl (C=O) groups is 2. The summed E-state index contributed by atoms with van der Waals surface area (Å²) >= 11 is 0. The molecule has 8 nitrogen and oxygen atoms in total. The van der Waals surface area contributed by atoms with Crippen LogP contribution in [0.15, 0.2) is 73.1 Å². The van der Waals surface area contributed by atoms with Crippen LogP contribution in [0.4, 0.5) is 30.5 Å². The molecule has 1 fully saturated rings. The van der Waals surface area contributed by atoms with Gasteiger partial charge >= 0.3 is 6.18 Å². The Morgan fingerprint density at radius 2 is 1.71 bits per heavy atom. The summed E-state index contributed by atoms with van der Waals surface area (Å²) in [6, 6.07) is 9.78. The van der Waals surface area contributed by atoms with E-state index in [2.05, 4.69) is 25.5 Å². The molecule has 2 amide bonds. The minimum Gasteiger partial charge on any atom is -0.383 e. The van der Waals surface area contributed by atoms with Crippen molar-refractivity contribution in [2.45, 2.75) is 38.0 Å². The molecule has 0 bridgehead atoms. The zero-order valence-corrected chi connectivity index (χ0v) is 23.2. The maximum absolute atomic E-state index is 13.2. The molecule has 2 aliphatic rings. The largest absolute Gasteiger partial charge is 0.416 e. The molecule has 0 saturated carbocycles. The fourth-order valence-corrected chi connectivity index (χ4v) is 4.86. The lowest BCUT2D eigenvalue weighted by Crippen LogP contribution is -2.34. The number of aromatic nitrogens is 2. The molecule has 0 aliphatic carbocycles. The van der Waals surface area contributed by atoms with E-state index in [-0.39, 0.29) is 18.8 Å². The van der Waals surface area contributed by atoms with Gasteiger partial charge in [0, 0.05) is 60.5 Å². The van der Waals surface area contributed by atoms with Crippen LogP contribution in [0.1, 0.15) is 41.5 Å². The maximum Gasteiger partial charge on any atom is 0.416 e. The predicted molar refractivity (Wildman–Crippen MR) is 156 cm³/mol. The van der Waals surface area contributed by atoms with E-state index in [4.69, 9.17) is 0 Å². The van der Waals surface area contributed by atoms with Gasteiger partial charge in [-0.2, -0.15) is 13.2 Å². The molecule has 0 radical (unpaired) electrons. The van der Waals surface area contributed by atoms with Crippen molar-refractivity contribution in [3.63, 3.8) is 0 Å². The van der Waals surface area contributed by atoms with E-state index in [1.165, 1.54) is 30.7 Å². The minimum absolute atomic E-state index is 0. The second-order valence-corrected chi connectivity index (χ2v) is 9.86. The van der Waals surface area contributed by atoms with Crippen LogP contribution in [0.25, 0.3) is 5.57 Å². The van der Waals surface area contributed by atoms with Crippen LogP contribution in [-0.2, 0) is 22.2 Å². The van der Waals surface area contributed by atoms with E-state index < -0.39 is 29.7 Å². The fourth-order valence-electron chi connectivity index (χ4n) is 4.86. The number of nitrogens with zero attached hydrogens (tertiary/aromatic N) is 3. The van der Waals surface area contributed by atoms with Gasteiger partial charge in [-0.05, 0) is 54.7 Å². The zero-order chi connectivity index (χ0) is 29.0. The molecule has 1 atom stereocenters. The van der Waals surface area contributed by atoms with Crippen molar-refractivity contribution >= 4 is 47.1 Å². The molecule has 42 heavy (non-hydrogen) atoms. The number of aliphatic hydroxyl groups is 1. The quantitative estimate of drug-likeness (QED) is 0.259. The number of carbonyl (C=O) groups excluding carboxylic acids is 2. The molecule has 5 rings (SSSR count). The van der Waals surface area contributed by atoms with E-state index in [9.17, 15) is 27.9 Å². The predicted octanol–water partition coefficient (Wildman–Crippen LogP) is 5.39. The maximum atomic E-state index is 13.2. The van der Waals surface area contributed by atoms with Gasteiger partial charge in [-0.25, -0.2) is 9.97 Å². The SMILES string of the molecule is Cl.O=C(/C=C/C=C(\c1ccc(C(F)(F)F)cc1)c1cnc(N2CCCCC2)nc1)Nc1cccc2c1CC(O)C(=O)N2. The fraction of sp³-hybridized carbons (Fsp3) is 0.267. The van der Waals surface area contributed by atoms with E-state index in [1.54, 1.807) is 36.7 Å². The van der Waals surface area contributed by atoms with Crippen molar-refractivity contribution in [1.82, 2.24) is 9.97 Å². The lowest BCUT2D eigenvalue weighted by molar-refractivity contribution is -0.137. The van der Waals surface area contributed by atoms with Gasteiger partial charge in [0.05, 0.1) is 5.56 Å². The molecule has 2 aromatic carbocycles. The Morgan fingerprint density at radius 3 is 2.38 bits per heavy atom. The third kappa shape index (κ3) is 7.15. The average molecular weight is 600 g/mol. The molecule has 1 aromatic heterocycles. The van der Waals surface area contributed by atoms with Crippen molar-refractivity contribution in [1.29, 1.82) is 0 Å². The Balaban J connectivity index is 0.00000405. The van der Waals surface area contributed by atoms with Gasteiger partial charge in [-0.1, -0.05) is 30.4 Å². The van der Waals surface area contributed by atoms with Gasteiger partial charge in [0.1, 0.15) is 6.10 Å².